The van der Waals surface area contributed by atoms with Gasteiger partial charge in [0, 0.05) is 25.1 Å². The molecule has 0 saturated heterocycles. The monoisotopic (exact) mass is 441 g/mol. The highest BCUT2D eigenvalue weighted by molar-refractivity contribution is 7.89. The first-order chi connectivity index (χ1) is 14.7. The maximum Gasteiger partial charge on any atom is 0.241 e. The number of nitrogens with zero attached hydrogens (tertiary/aromatic N) is 3. The zero-order valence-electron chi connectivity index (χ0n) is 17.8. The lowest BCUT2D eigenvalue weighted by Crippen LogP contribution is -2.47. The Morgan fingerprint density at radius 1 is 1.13 bits per heavy atom. The summed E-state index contributed by atoms with van der Waals surface area (Å²) in [6.45, 7) is 6.02. The number of benzene rings is 1. The van der Waals surface area contributed by atoms with Crippen LogP contribution in [-0.4, -0.2) is 34.9 Å². The van der Waals surface area contributed by atoms with Crippen LogP contribution in [0.3, 0.4) is 0 Å². The second kappa shape index (κ2) is 9.84. The molecule has 0 bridgehead atoms. The minimum Gasteiger partial charge on any atom is -0.351 e. The van der Waals surface area contributed by atoms with Gasteiger partial charge < -0.3 is 5.32 Å². The van der Waals surface area contributed by atoms with Crippen LogP contribution in [0.15, 0.2) is 66.2 Å². The smallest absolute Gasteiger partial charge is 0.241 e. The first kappa shape index (κ1) is 22.6. The van der Waals surface area contributed by atoms with Gasteiger partial charge in [0.1, 0.15) is 18.2 Å². The molecule has 1 unspecified atom stereocenters. The van der Waals surface area contributed by atoms with Gasteiger partial charge in [-0.3, -0.25) is 9.36 Å². The highest BCUT2D eigenvalue weighted by Gasteiger charge is 2.26. The molecule has 1 amide bonds. The lowest BCUT2D eigenvalue weighted by Gasteiger charge is -2.20. The van der Waals surface area contributed by atoms with Gasteiger partial charge in [-0.15, -0.1) is 0 Å². The molecule has 3 aromatic rings. The van der Waals surface area contributed by atoms with E-state index in [-0.39, 0.29) is 23.3 Å². The van der Waals surface area contributed by atoms with E-state index in [4.69, 9.17) is 0 Å². The van der Waals surface area contributed by atoms with E-state index in [2.05, 4.69) is 20.0 Å². The molecular formula is C22H27N5O3S. The van der Waals surface area contributed by atoms with Gasteiger partial charge >= 0.3 is 0 Å². The third-order valence-electron chi connectivity index (χ3n) is 4.70. The summed E-state index contributed by atoms with van der Waals surface area (Å²) in [5.41, 5.74) is 1.77. The van der Waals surface area contributed by atoms with Crippen molar-refractivity contribution in [1.29, 1.82) is 0 Å². The van der Waals surface area contributed by atoms with Gasteiger partial charge in [-0.05, 0) is 43.0 Å². The fourth-order valence-electron chi connectivity index (χ4n) is 3.03. The number of rotatable bonds is 9. The highest BCUT2D eigenvalue weighted by Crippen LogP contribution is 2.14. The number of hydrogen-bond donors (Lipinski definition) is 2. The number of nitrogens with one attached hydrogen (secondary N) is 2. The van der Waals surface area contributed by atoms with Crippen LogP contribution in [0.1, 0.15) is 31.4 Å². The van der Waals surface area contributed by atoms with E-state index in [9.17, 15) is 13.2 Å². The van der Waals surface area contributed by atoms with Crippen LogP contribution in [0, 0.1) is 12.8 Å². The van der Waals surface area contributed by atoms with Gasteiger partial charge in [0.2, 0.25) is 15.9 Å². The summed E-state index contributed by atoms with van der Waals surface area (Å²) < 4.78 is 29.8. The maximum atomic E-state index is 12.8. The van der Waals surface area contributed by atoms with Gasteiger partial charge in [0.25, 0.3) is 0 Å². The Morgan fingerprint density at radius 3 is 2.45 bits per heavy atom. The van der Waals surface area contributed by atoms with Gasteiger partial charge in [-0.2, -0.15) is 4.72 Å². The van der Waals surface area contributed by atoms with Crippen molar-refractivity contribution in [2.24, 2.45) is 5.92 Å². The molecule has 0 fully saturated rings. The largest absolute Gasteiger partial charge is 0.351 e. The summed E-state index contributed by atoms with van der Waals surface area (Å²) in [5, 5.41) is 2.82. The molecule has 0 aliphatic carbocycles. The maximum absolute atomic E-state index is 12.8. The Morgan fingerprint density at radius 2 is 1.87 bits per heavy atom. The van der Waals surface area contributed by atoms with E-state index in [1.54, 1.807) is 41.6 Å². The van der Waals surface area contributed by atoms with Crippen molar-refractivity contribution < 1.29 is 13.2 Å². The zero-order chi connectivity index (χ0) is 22.4. The molecule has 2 heterocycles. The Balaban J connectivity index is 1.66. The highest BCUT2D eigenvalue weighted by atomic mass is 32.2. The number of imidazole rings is 1. The molecule has 8 nitrogen and oxygen atoms in total. The van der Waals surface area contributed by atoms with Crippen LogP contribution in [0.25, 0.3) is 5.82 Å². The molecule has 0 saturated carbocycles. The number of sulfonamides is 1. The van der Waals surface area contributed by atoms with Gasteiger partial charge in [0.05, 0.1) is 4.90 Å². The van der Waals surface area contributed by atoms with Crippen molar-refractivity contribution in [2.45, 2.75) is 44.7 Å². The molecule has 164 valence electrons. The van der Waals surface area contributed by atoms with E-state index in [1.807, 2.05) is 32.9 Å². The first-order valence-electron chi connectivity index (χ1n) is 10.0. The molecule has 2 aromatic heterocycles. The van der Waals surface area contributed by atoms with Gasteiger partial charge in [-0.25, -0.2) is 18.4 Å². The molecule has 0 aliphatic rings. The summed E-state index contributed by atoms with van der Waals surface area (Å²) in [6, 6.07) is 9.35. The predicted molar refractivity (Wildman–Crippen MR) is 118 cm³/mol. The van der Waals surface area contributed by atoms with Gasteiger partial charge in [-0.1, -0.05) is 37.6 Å². The normalized spacial score (nSPS) is 12.6. The summed E-state index contributed by atoms with van der Waals surface area (Å²) >= 11 is 0. The van der Waals surface area contributed by atoms with Crippen LogP contribution in [0.5, 0.6) is 0 Å². The number of carbonyl (C=O) groups is 1. The number of hydrogen-bond acceptors (Lipinski definition) is 5. The summed E-state index contributed by atoms with van der Waals surface area (Å²) in [7, 11) is -3.81. The van der Waals surface area contributed by atoms with Gasteiger partial charge in [0.15, 0.2) is 0 Å². The van der Waals surface area contributed by atoms with Crippen molar-refractivity contribution in [3.63, 3.8) is 0 Å². The fraction of sp³-hybridized carbons (Fsp3) is 0.318. The number of aromatic nitrogens is 3. The predicted octanol–water partition coefficient (Wildman–Crippen LogP) is 2.59. The lowest BCUT2D eigenvalue weighted by atomic mass is 10.0. The van der Waals surface area contributed by atoms with E-state index in [0.717, 1.165) is 16.9 Å². The second-order valence-electron chi connectivity index (χ2n) is 7.83. The molecule has 1 atom stereocenters. The summed E-state index contributed by atoms with van der Waals surface area (Å²) in [4.78, 5) is 21.3. The second-order valence-corrected chi connectivity index (χ2v) is 9.54. The summed E-state index contributed by atoms with van der Waals surface area (Å²) in [5.74, 6) is 0.479. The molecule has 9 heteroatoms. The topological polar surface area (TPSA) is 106 Å². The fourth-order valence-corrected chi connectivity index (χ4v) is 4.24. The molecule has 0 aliphatic heterocycles. The van der Waals surface area contributed by atoms with Crippen molar-refractivity contribution in [3.8, 4) is 5.82 Å². The minimum atomic E-state index is -3.81. The third kappa shape index (κ3) is 6.22. The number of pyridine rings is 1. The Labute approximate surface area is 182 Å². The molecule has 2 N–H and O–H groups in total. The molecular weight excluding hydrogens is 414 g/mol. The lowest BCUT2D eigenvalue weighted by molar-refractivity contribution is -0.123. The van der Waals surface area contributed by atoms with Crippen LogP contribution in [0.2, 0.25) is 0 Å². The van der Waals surface area contributed by atoms with E-state index in [0.29, 0.717) is 6.42 Å². The summed E-state index contributed by atoms with van der Waals surface area (Å²) in [6.07, 6.45) is 7.17. The number of amides is 1. The van der Waals surface area contributed by atoms with E-state index in [1.165, 1.54) is 12.1 Å². The quantitative estimate of drug-likeness (QED) is 0.531. The average Bonchev–Trinajstić information content (AvgIpc) is 3.26. The van der Waals surface area contributed by atoms with Crippen LogP contribution >= 0.6 is 0 Å². The van der Waals surface area contributed by atoms with Crippen LogP contribution < -0.4 is 10.0 Å². The Hall–Kier alpha value is -3.04. The van der Waals surface area contributed by atoms with Crippen molar-refractivity contribution in [3.05, 3.63) is 72.4 Å². The van der Waals surface area contributed by atoms with Crippen molar-refractivity contribution in [1.82, 2.24) is 24.6 Å². The molecule has 3 rings (SSSR count). The molecule has 1 aromatic carbocycles. The van der Waals surface area contributed by atoms with Crippen LogP contribution in [-0.2, 0) is 21.4 Å². The Bertz CT molecular complexity index is 1090. The molecule has 31 heavy (non-hydrogen) atoms. The van der Waals surface area contributed by atoms with Crippen molar-refractivity contribution in [2.75, 3.05) is 0 Å². The first-order valence-corrected chi connectivity index (χ1v) is 11.5. The zero-order valence-corrected chi connectivity index (χ0v) is 18.6. The van der Waals surface area contributed by atoms with Crippen LogP contribution in [0.4, 0.5) is 0 Å². The molecule has 0 radical (unpaired) electrons. The average molecular weight is 442 g/mol. The minimum absolute atomic E-state index is 0.132. The number of aryl methyl sites for hydroxylation is 1. The number of carbonyl (C=O) groups excluding carboxylic acids is 1. The third-order valence-corrected chi connectivity index (χ3v) is 6.18. The van der Waals surface area contributed by atoms with E-state index >= 15 is 0 Å². The van der Waals surface area contributed by atoms with Crippen molar-refractivity contribution >= 4 is 15.9 Å². The Kier molecular flexibility index (Phi) is 7.19. The van der Waals surface area contributed by atoms with E-state index < -0.39 is 16.1 Å². The standard InChI is InChI=1S/C22H27N5O3S/c1-16(2)12-20(26-31(29,30)19-7-4-17(3)5-8-19)22(28)25-14-18-6-9-21(24-13-18)27-11-10-23-15-27/h4-11,13,15-16,20,26H,12,14H2,1-3H3,(H,25,28). The SMILES string of the molecule is Cc1ccc(S(=O)(=O)NC(CC(C)C)C(=O)NCc2ccc(-n3ccnc3)nc2)cc1. The molecule has 0 spiro atoms.